The van der Waals surface area contributed by atoms with E-state index in [9.17, 15) is 14.9 Å². The average Bonchev–Trinajstić information content (AvgIpc) is 2.55. The van der Waals surface area contributed by atoms with Crippen LogP contribution in [-0.4, -0.2) is 18.0 Å². The number of nitro groups is 1. The Morgan fingerprint density at radius 2 is 1.88 bits per heavy atom. The van der Waals surface area contributed by atoms with Gasteiger partial charge in [-0.2, -0.15) is 0 Å². The Labute approximate surface area is 154 Å². The van der Waals surface area contributed by atoms with Crippen LogP contribution >= 0.6 is 31.9 Å². The highest BCUT2D eigenvalue weighted by Gasteiger charge is 2.16. The van der Waals surface area contributed by atoms with Crippen LogP contribution in [-0.2, 0) is 0 Å². The molecule has 0 unspecified atom stereocenters. The molecule has 8 heteroatoms. The van der Waals surface area contributed by atoms with Gasteiger partial charge in [0.25, 0.3) is 0 Å². The van der Waals surface area contributed by atoms with Crippen LogP contribution in [0.3, 0.4) is 0 Å². The zero-order valence-electron chi connectivity index (χ0n) is 12.4. The summed E-state index contributed by atoms with van der Waals surface area (Å²) in [5, 5.41) is 10.4. The lowest BCUT2D eigenvalue weighted by atomic mass is 10.2. The van der Waals surface area contributed by atoms with E-state index in [4.69, 9.17) is 9.47 Å². The molecule has 6 nitrogen and oxygen atoms in total. The number of carbonyl (C=O) groups excluding carboxylic acids is 1. The predicted molar refractivity (Wildman–Crippen MR) is 95.8 cm³/mol. The first-order valence-corrected chi connectivity index (χ1v) is 8.16. The lowest BCUT2D eigenvalue weighted by molar-refractivity contribution is -0.400. The van der Waals surface area contributed by atoms with E-state index in [0.29, 0.717) is 15.6 Å². The first-order chi connectivity index (χ1) is 11.4. The zero-order valence-corrected chi connectivity index (χ0v) is 15.5. The first kappa shape index (κ1) is 18.2. The minimum absolute atomic E-state index is 0.198. The summed E-state index contributed by atoms with van der Waals surface area (Å²) in [6, 6.07) is 9.84. The first-order valence-electron chi connectivity index (χ1n) is 6.57. The number of rotatable bonds is 5. The van der Waals surface area contributed by atoms with Crippen LogP contribution in [0.25, 0.3) is 6.08 Å². The summed E-state index contributed by atoms with van der Waals surface area (Å²) in [4.78, 5) is 22.1. The Morgan fingerprint density at radius 1 is 1.21 bits per heavy atom. The molecule has 0 heterocycles. The van der Waals surface area contributed by atoms with Gasteiger partial charge in [-0.1, -0.05) is 15.9 Å². The standard InChI is InChI=1S/C16H11Br2NO5/c1-23-14-9-10(6-7-19(21)22)8-13(18)15(14)24-16(20)11-2-4-12(17)5-3-11/h2-9H,1H3/b7-6+. The van der Waals surface area contributed by atoms with Crippen molar-refractivity contribution < 1.29 is 19.2 Å². The maximum absolute atomic E-state index is 12.2. The van der Waals surface area contributed by atoms with Crippen molar-refractivity contribution in [2.75, 3.05) is 7.11 Å². The third-order valence-corrected chi connectivity index (χ3v) is 4.03. The SMILES string of the molecule is COc1cc(/C=C/[N+](=O)[O-])cc(Br)c1OC(=O)c1ccc(Br)cc1. The number of hydrogen-bond donors (Lipinski definition) is 0. The Kier molecular flexibility index (Phi) is 6.10. The van der Waals surface area contributed by atoms with Gasteiger partial charge >= 0.3 is 5.97 Å². The third kappa shape index (κ3) is 4.65. The lowest BCUT2D eigenvalue weighted by Crippen LogP contribution is -2.09. The van der Waals surface area contributed by atoms with Gasteiger partial charge in [0.2, 0.25) is 6.20 Å². The molecule has 2 aromatic carbocycles. The highest BCUT2D eigenvalue weighted by molar-refractivity contribution is 9.10. The summed E-state index contributed by atoms with van der Waals surface area (Å²) in [6.45, 7) is 0. The van der Waals surface area contributed by atoms with Gasteiger partial charge in [-0.15, -0.1) is 0 Å². The summed E-state index contributed by atoms with van der Waals surface area (Å²) in [7, 11) is 1.42. The molecule has 0 aliphatic rings. The minimum atomic E-state index is -0.568. The Balaban J connectivity index is 2.30. The molecule has 0 aromatic heterocycles. The van der Waals surface area contributed by atoms with Gasteiger partial charge in [0.15, 0.2) is 11.5 Å². The number of nitrogens with zero attached hydrogens (tertiary/aromatic N) is 1. The van der Waals surface area contributed by atoms with Gasteiger partial charge in [-0.3, -0.25) is 10.1 Å². The van der Waals surface area contributed by atoms with Gasteiger partial charge in [-0.05, 0) is 57.9 Å². The maximum Gasteiger partial charge on any atom is 0.343 e. The summed E-state index contributed by atoms with van der Waals surface area (Å²) >= 11 is 6.58. The van der Waals surface area contributed by atoms with E-state index >= 15 is 0 Å². The van der Waals surface area contributed by atoms with Crippen molar-refractivity contribution >= 4 is 43.9 Å². The van der Waals surface area contributed by atoms with Crippen LogP contribution in [0.4, 0.5) is 0 Å². The molecular formula is C16H11Br2NO5. The van der Waals surface area contributed by atoms with Crippen molar-refractivity contribution in [3.8, 4) is 11.5 Å². The fourth-order valence-electron chi connectivity index (χ4n) is 1.82. The number of esters is 1. The van der Waals surface area contributed by atoms with Crippen LogP contribution in [0.1, 0.15) is 15.9 Å². The van der Waals surface area contributed by atoms with Gasteiger partial charge in [-0.25, -0.2) is 4.79 Å². The molecule has 0 saturated heterocycles. The second kappa shape index (κ2) is 8.07. The van der Waals surface area contributed by atoms with E-state index in [-0.39, 0.29) is 11.5 Å². The zero-order chi connectivity index (χ0) is 17.7. The smallest absolute Gasteiger partial charge is 0.343 e. The second-order valence-electron chi connectivity index (χ2n) is 4.53. The van der Waals surface area contributed by atoms with E-state index in [1.54, 1.807) is 30.3 Å². The van der Waals surface area contributed by atoms with Crippen LogP contribution in [0.5, 0.6) is 11.5 Å². The molecule has 124 valence electrons. The summed E-state index contributed by atoms with van der Waals surface area (Å²) in [5.41, 5.74) is 0.906. The van der Waals surface area contributed by atoms with Crippen molar-refractivity contribution in [3.05, 3.63) is 72.8 Å². The molecule has 0 bridgehead atoms. The minimum Gasteiger partial charge on any atom is -0.493 e. The van der Waals surface area contributed by atoms with E-state index in [1.807, 2.05) is 0 Å². The van der Waals surface area contributed by atoms with Crippen molar-refractivity contribution in [2.45, 2.75) is 0 Å². The number of methoxy groups -OCH3 is 1. The topological polar surface area (TPSA) is 78.7 Å². The van der Waals surface area contributed by atoms with Crippen molar-refractivity contribution in [2.24, 2.45) is 0 Å². The number of ether oxygens (including phenoxy) is 2. The number of hydrogen-bond acceptors (Lipinski definition) is 5. The normalized spacial score (nSPS) is 10.6. The molecule has 0 N–H and O–H groups in total. The molecule has 2 rings (SSSR count). The van der Waals surface area contributed by atoms with Crippen LogP contribution in [0.2, 0.25) is 0 Å². The summed E-state index contributed by atoms with van der Waals surface area (Å²) in [6.07, 6.45) is 2.13. The average molecular weight is 457 g/mol. The number of halogens is 2. The van der Waals surface area contributed by atoms with E-state index in [0.717, 1.165) is 10.7 Å². The Hall–Kier alpha value is -2.19. The molecule has 0 atom stereocenters. The lowest BCUT2D eigenvalue weighted by Gasteiger charge is -2.12. The predicted octanol–water partition coefficient (Wildman–Crippen LogP) is 4.69. The van der Waals surface area contributed by atoms with Crippen molar-refractivity contribution in [1.29, 1.82) is 0 Å². The van der Waals surface area contributed by atoms with Crippen molar-refractivity contribution in [1.82, 2.24) is 0 Å². The monoisotopic (exact) mass is 455 g/mol. The van der Waals surface area contributed by atoms with Gasteiger partial charge in [0, 0.05) is 10.5 Å². The van der Waals surface area contributed by atoms with Crippen LogP contribution in [0.15, 0.2) is 51.5 Å². The molecule has 0 fully saturated rings. The highest BCUT2D eigenvalue weighted by Crippen LogP contribution is 2.37. The Bertz CT molecular complexity index is 803. The molecular weight excluding hydrogens is 446 g/mol. The van der Waals surface area contributed by atoms with Gasteiger partial charge < -0.3 is 9.47 Å². The highest BCUT2D eigenvalue weighted by atomic mass is 79.9. The van der Waals surface area contributed by atoms with Crippen LogP contribution < -0.4 is 9.47 Å². The van der Waals surface area contributed by atoms with E-state index in [2.05, 4.69) is 31.9 Å². The molecule has 0 saturated carbocycles. The third-order valence-electron chi connectivity index (χ3n) is 2.92. The molecule has 24 heavy (non-hydrogen) atoms. The molecule has 2 aromatic rings. The largest absolute Gasteiger partial charge is 0.493 e. The van der Waals surface area contributed by atoms with E-state index < -0.39 is 10.9 Å². The molecule has 0 aliphatic heterocycles. The summed E-state index contributed by atoms with van der Waals surface area (Å²) < 4.78 is 11.9. The number of carbonyl (C=O) groups is 1. The fourth-order valence-corrected chi connectivity index (χ4v) is 2.62. The molecule has 0 amide bonds. The molecule has 0 spiro atoms. The fraction of sp³-hybridized carbons (Fsp3) is 0.0625. The van der Waals surface area contributed by atoms with Gasteiger partial charge in [0.05, 0.1) is 22.1 Å². The van der Waals surface area contributed by atoms with Crippen molar-refractivity contribution in [3.63, 3.8) is 0 Å². The molecule has 0 radical (unpaired) electrons. The second-order valence-corrected chi connectivity index (χ2v) is 6.30. The maximum atomic E-state index is 12.2. The Morgan fingerprint density at radius 3 is 2.46 bits per heavy atom. The quantitative estimate of drug-likeness (QED) is 0.282. The van der Waals surface area contributed by atoms with Crippen LogP contribution in [0, 0.1) is 10.1 Å². The van der Waals surface area contributed by atoms with E-state index in [1.165, 1.54) is 19.3 Å². The summed E-state index contributed by atoms with van der Waals surface area (Å²) in [5.74, 6) is -0.0726. The number of benzene rings is 2. The molecule has 0 aliphatic carbocycles. The van der Waals surface area contributed by atoms with Gasteiger partial charge in [0.1, 0.15) is 0 Å².